The van der Waals surface area contributed by atoms with Gasteiger partial charge in [-0.15, -0.1) is 9.42 Å². The highest BCUT2D eigenvalue weighted by Gasteiger charge is 2.45. The molecule has 2 aromatic rings. The summed E-state index contributed by atoms with van der Waals surface area (Å²) in [7, 11) is -2.86. The molecule has 1 aliphatic heterocycles. The maximum atomic E-state index is 11.7. The quantitative estimate of drug-likeness (QED) is 0.396. The Morgan fingerprint density at radius 1 is 1.48 bits per heavy atom. The molecule has 13 heteroatoms. The molecule has 1 fully saturated rings. The second kappa shape index (κ2) is 6.21. The van der Waals surface area contributed by atoms with Gasteiger partial charge in [0.15, 0.2) is 17.4 Å². The Morgan fingerprint density at radius 2 is 2.22 bits per heavy atom. The number of aromatic amines is 1. The van der Waals surface area contributed by atoms with Gasteiger partial charge in [-0.2, -0.15) is 4.98 Å². The molecule has 0 bridgehead atoms. The van der Waals surface area contributed by atoms with Crippen molar-refractivity contribution in [3.63, 3.8) is 0 Å². The smallest absolute Gasteiger partial charge is 0.387 e. The molecule has 0 saturated carbocycles. The van der Waals surface area contributed by atoms with E-state index in [0.717, 1.165) is 0 Å². The molecule has 5 atom stereocenters. The lowest BCUT2D eigenvalue weighted by Crippen LogP contribution is -2.33. The molecular weight excluding hydrogens is 355 g/mol. The monoisotopic (exact) mass is 365 g/mol. The van der Waals surface area contributed by atoms with Crippen LogP contribution in [-0.2, 0) is 13.8 Å². The normalized spacial score (nSPS) is 28.4. The van der Waals surface area contributed by atoms with Crippen molar-refractivity contribution in [1.82, 2.24) is 19.5 Å². The Bertz CT molecular complexity index is 810. The van der Waals surface area contributed by atoms with Crippen LogP contribution in [0.1, 0.15) is 6.23 Å². The SMILES string of the molecule is O=c1[nH]c(Cl)nc2c1ncn2[C@@H]1O[C@H](CO[P+](=O)O)[C@@H](O)[C@H]1O. The van der Waals surface area contributed by atoms with Gasteiger partial charge < -0.3 is 14.9 Å². The van der Waals surface area contributed by atoms with Crippen LogP contribution >= 0.6 is 19.9 Å². The number of nitrogens with one attached hydrogen (secondary N) is 1. The lowest BCUT2D eigenvalue weighted by molar-refractivity contribution is -0.0476. The molecule has 1 saturated heterocycles. The summed E-state index contributed by atoms with van der Waals surface area (Å²) >= 11 is 5.70. The Labute approximate surface area is 133 Å². The molecular formula is C10H11ClN4O7P+. The number of nitrogens with zero attached hydrogens (tertiary/aromatic N) is 3. The molecule has 3 heterocycles. The molecule has 3 rings (SSSR count). The fourth-order valence-electron chi connectivity index (χ4n) is 2.32. The van der Waals surface area contributed by atoms with Crippen LogP contribution in [0.2, 0.25) is 5.28 Å². The molecule has 0 amide bonds. The highest BCUT2D eigenvalue weighted by atomic mass is 35.5. The van der Waals surface area contributed by atoms with Gasteiger partial charge in [-0.05, 0) is 11.6 Å². The summed E-state index contributed by atoms with van der Waals surface area (Å²) in [6.45, 7) is -0.401. The van der Waals surface area contributed by atoms with Crippen LogP contribution < -0.4 is 5.56 Å². The summed E-state index contributed by atoms with van der Waals surface area (Å²) in [5.74, 6) is 0. The summed E-state index contributed by atoms with van der Waals surface area (Å²) in [6.07, 6.45) is -3.72. The number of halogens is 1. The van der Waals surface area contributed by atoms with Crippen molar-refractivity contribution in [3.8, 4) is 0 Å². The van der Waals surface area contributed by atoms with Gasteiger partial charge >= 0.3 is 8.25 Å². The van der Waals surface area contributed by atoms with Gasteiger partial charge in [-0.3, -0.25) is 14.3 Å². The van der Waals surface area contributed by atoms with Crippen molar-refractivity contribution in [1.29, 1.82) is 0 Å². The minimum atomic E-state index is -2.86. The molecule has 0 aromatic carbocycles. The molecule has 1 unspecified atom stereocenters. The van der Waals surface area contributed by atoms with Gasteiger partial charge in [0.1, 0.15) is 24.9 Å². The van der Waals surface area contributed by atoms with Gasteiger partial charge in [-0.25, -0.2) is 4.98 Å². The topological polar surface area (TPSA) is 160 Å². The lowest BCUT2D eigenvalue weighted by Gasteiger charge is -2.16. The molecule has 2 aromatic heterocycles. The van der Waals surface area contributed by atoms with Crippen LogP contribution in [0.4, 0.5) is 0 Å². The van der Waals surface area contributed by atoms with Gasteiger partial charge in [0.05, 0.1) is 6.33 Å². The first kappa shape index (κ1) is 16.4. The molecule has 23 heavy (non-hydrogen) atoms. The molecule has 0 spiro atoms. The average molecular weight is 366 g/mol. The third-order valence-corrected chi connectivity index (χ3v) is 3.91. The molecule has 1 aliphatic rings. The Morgan fingerprint density at radius 3 is 2.91 bits per heavy atom. The number of aromatic nitrogens is 4. The van der Waals surface area contributed by atoms with E-state index in [9.17, 15) is 19.6 Å². The maximum Gasteiger partial charge on any atom is 0.694 e. The second-order valence-electron chi connectivity index (χ2n) is 4.76. The minimum absolute atomic E-state index is 0.0159. The van der Waals surface area contributed by atoms with Crippen molar-refractivity contribution in [2.45, 2.75) is 24.5 Å². The molecule has 124 valence electrons. The molecule has 11 nitrogen and oxygen atoms in total. The zero-order valence-electron chi connectivity index (χ0n) is 11.2. The number of aliphatic hydroxyl groups excluding tert-OH is 2. The van der Waals surface area contributed by atoms with E-state index in [-0.39, 0.29) is 16.4 Å². The van der Waals surface area contributed by atoms with Crippen molar-refractivity contribution in [2.24, 2.45) is 0 Å². The zero-order valence-corrected chi connectivity index (χ0v) is 12.9. The number of imidazole rings is 1. The minimum Gasteiger partial charge on any atom is -0.387 e. The van der Waals surface area contributed by atoms with E-state index in [1.54, 1.807) is 0 Å². The fourth-order valence-corrected chi connectivity index (χ4v) is 2.76. The highest BCUT2D eigenvalue weighted by molar-refractivity contribution is 7.32. The highest BCUT2D eigenvalue weighted by Crippen LogP contribution is 2.32. The van der Waals surface area contributed by atoms with Crippen LogP contribution in [0.5, 0.6) is 0 Å². The Hall–Kier alpha value is -1.46. The van der Waals surface area contributed by atoms with Crippen LogP contribution in [0, 0.1) is 0 Å². The third kappa shape index (κ3) is 3.00. The number of aliphatic hydroxyl groups is 2. The van der Waals surface area contributed by atoms with Gasteiger partial charge in [-0.1, -0.05) is 0 Å². The molecule has 4 N–H and O–H groups in total. The summed E-state index contributed by atoms with van der Waals surface area (Å²) in [5, 5.41) is 19.9. The summed E-state index contributed by atoms with van der Waals surface area (Å²) in [4.78, 5) is 30.4. The van der Waals surface area contributed by atoms with Crippen molar-refractivity contribution in [2.75, 3.05) is 6.61 Å². The first-order valence-corrected chi connectivity index (χ1v) is 7.82. The second-order valence-corrected chi connectivity index (χ2v) is 5.85. The lowest BCUT2D eigenvalue weighted by atomic mass is 10.1. The molecule has 0 aliphatic carbocycles. The van der Waals surface area contributed by atoms with E-state index in [4.69, 9.17) is 21.2 Å². The summed E-state index contributed by atoms with van der Waals surface area (Å²) in [6, 6.07) is 0. The number of hydrogen-bond donors (Lipinski definition) is 4. The standard InChI is InChI=1S/C10H10ClN4O7P/c11-10-13-7-4(8(18)14-10)12-2-15(7)9-6(17)5(16)3(22-9)1-21-23(19)20/h2-3,5-6,9,16-17H,1H2,(H-,13,14,18,19,20)/p+1/t3-,5-,6-,9-/m1/s1. The first-order chi connectivity index (χ1) is 10.9. The number of fused-ring (bicyclic) bond motifs is 1. The average Bonchev–Trinajstić information content (AvgIpc) is 3.00. The third-order valence-electron chi connectivity index (χ3n) is 3.36. The van der Waals surface area contributed by atoms with E-state index in [1.807, 2.05) is 0 Å². The van der Waals surface area contributed by atoms with Crippen molar-refractivity contribution < 1.29 is 28.9 Å². The number of H-pyrrole nitrogens is 1. The van der Waals surface area contributed by atoms with Crippen LogP contribution in [0.25, 0.3) is 11.2 Å². The predicted molar refractivity (Wildman–Crippen MR) is 74.9 cm³/mol. The number of rotatable bonds is 4. The van der Waals surface area contributed by atoms with Gasteiger partial charge in [0.25, 0.3) is 5.56 Å². The van der Waals surface area contributed by atoms with Crippen LogP contribution in [0.3, 0.4) is 0 Å². The fraction of sp³-hybridized carbons (Fsp3) is 0.500. The van der Waals surface area contributed by atoms with Gasteiger partial charge in [0.2, 0.25) is 5.28 Å². The van der Waals surface area contributed by atoms with E-state index in [2.05, 4.69) is 19.5 Å². The predicted octanol–water partition coefficient (Wildman–Crippen LogP) is -0.942. The van der Waals surface area contributed by atoms with E-state index in [1.165, 1.54) is 10.9 Å². The van der Waals surface area contributed by atoms with E-state index in [0.29, 0.717) is 0 Å². The van der Waals surface area contributed by atoms with Crippen molar-refractivity contribution >= 4 is 31.0 Å². The van der Waals surface area contributed by atoms with Crippen molar-refractivity contribution in [3.05, 3.63) is 22.0 Å². The van der Waals surface area contributed by atoms with Gasteiger partial charge in [0, 0.05) is 4.57 Å². The number of hydrogen-bond acceptors (Lipinski definition) is 8. The zero-order chi connectivity index (χ0) is 16.7. The Balaban J connectivity index is 1.93. The molecule has 0 radical (unpaired) electrons. The van der Waals surface area contributed by atoms with Crippen LogP contribution in [-0.4, -0.2) is 59.5 Å². The van der Waals surface area contributed by atoms with Crippen LogP contribution in [0.15, 0.2) is 11.1 Å². The Kier molecular flexibility index (Phi) is 4.43. The largest absolute Gasteiger partial charge is 0.694 e. The van der Waals surface area contributed by atoms with E-state index < -0.39 is 45.0 Å². The number of ether oxygens (including phenoxy) is 1. The maximum absolute atomic E-state index is 11.7. The summed E-state index contributed by atoms with van der Waals surface area (Å²) < 4.78 is 21.7. The first-order valence-electron chi connectivity index (χ1n) is 6.31. The van der Waals surface area contributed by atoms with E-state index >= 15 is 0 Å². The summed E-state index contributed by atoms with van der Waals surface area (Å²) in [5.41, 5.74) is -0.522.